The molecule has 1 aromatic carbocycles. The Labute approximate surface area is 112 Å². The largest absolute Gasteiger partial charge is 0.388 e. The van der Waals surface area contributed by atoms with E-state index in [9.17, 15) is 9.50 Å². The van der Waals surface area contributed by atoms with Crippen molar-refractivity contribution in [2.75, 3.05) is 0 Å². The number of hydrogen-bond donors (Lipinski definition) is 1. The second kappa shape index (κ2) is 5.49. The number of aliphatic hydroxyl groups is 1. The topological polar surface area (TPSA) is 33.1 Å². The van der Waals surface area contributed by atoms with Crippen LogP contribution in [-0.4, -0.2) is 10.1 Å². The summed E-state index contributed by atoms with van der Waals surface area (Å²) < 4.78 is 13.6. The Morgan fingerprint density at radius 1 is 1.21 bits per heavy atom. The summed E-state index contributed by atoms with van der Waals surface area (Å²) in [6.45, 7) is 6.08. The van der Waals surface area contributed by atoms with E-state index in [1.54, 1.807) is 0 Å². The predicted molar refractivity (Wildman–Crippen MR) is 73.5 cm³/mol. The number of nitrogens with zero attached hydrogens (tertiary/aromatic N) is 1. The van der Waals surface area contributed by atoms with Gasteiger partial charge in [0.05, 0.1) is 12.3 Å². The highest BCUT2D eigenvalue weighted by molar-refractivity contribution is 5.38. The predicted octanol–water partition coefficient (Wildman–Crippen LogP) is 3.42. The molecule has 0 aliphatic rings. The molecule has 0 aliphatic carbocycles. The Morgan fingerprint density at radius 3 is 2.42 bits per heavy atom. The second-order valence-electron chi connectivity index (χ2n) is 4.99. The minimum atomic E-state index is -0.844. The molecule has 19 heavy (non-hydrogen) atoms. The van der Waals surface area contributed by atoms with E-state index < -0.39 is 11.9 Å². The lowest BCUT2D eigenvalue weighted by atomic mass is 9.93. The quantitative estimate of drug-likeness (QED) is 0.916. The molecule has 2 aromatic rings. The van der Waals surface area contributed by atoms with Crippen LogP contribution in [0.3, 0.4) is 0 Å². The fourth-order valence-electron chi connectivity index (χ4n) is 2.49. The summed E-state index contributed by atoms with van der Waals surface area (Å²) in [5.41, 5.74) is 4.84. The van der Waals surface area contributed by atoms with Gasteiger partial charge < -0.3 is 5.11 Å². The van der Waals surface area contributed by atoms with E-state index >= 15 is 0 Å². The molecule has 0 aliphatic heterocycles. The third kappa shape index (κ3) is 2.99. The Kier molecular flexibility index (Phi) is 3.96. The first-order valence-electron chi connectivity index (χ1n) is 6.33. The van der Waals surface area contributed by atoms with Gasteiger partial charge in [-0.1, -0.05) is 17.7 Å². The highest BCUT2D eigenvalue weighted by atomic mass is 19.1. The van der Waals surface area contributed by atoms with Crippen molar-refractivity contribution in [2.24, 2.45) is 0 Å². The molecule has 1 unspecified atom stereocenters. The van der Waals surface area contributed by atoms with Crippen molar-refractivity contribution >= 4 is 0 Å². The molecule has 0 amide bonds. The number of aliphatic hydroxyl groups excluding tert-OH is 1. The molecule has 3 heteroatoms. The Morgan fingerprint density at radius 2 is 1.84 bits per heavy atom. The summed E-state index contributed by atoms with van der Waals surface area (Å²) in [6, 6.07) is 5.69. The van der Waals surface area contributed by atoms with Gasteiger partial charge in [-0.15, -0.1) is 0 Å². The summed E-state index contributed by atoms with van der Waals surface area (Å²) in [6.07, 6.45) is 2.20. The molecule has 0 fully saturated rings. The van der Waals surface area contributed by atoms with E-state index in [0.717, 1.165) is 22.9 Å². The minimum Gasteiger partial charge on any atom is -0.388 e. The maximum atomic E-state index is 13.6. The van der Waals surface area contributed by atoms with Gasteiger partial charge >= 0.3 is 0 Å². The molecule has 0 saturated carbocycles. The normalized spacial score (nSPS) is 12.5. The number of aryl methyl sites for hydroxylation is 3. The van der Waals surface area contributed by atoms with Crippen molar-refractivity contribution in [2.45, 2.75) is 33.3 Å². The van der Waals surface area contributed by atoms with Crippen LogP contribution in [0.4, 0.5) is 4.39 Å². The number of rotatable bonds is 3. The van der Waals surface area contributed by atoms with Gasteiger partial charge in [0.1, 0.15) is 5.82 Å². The highest BCUT2D eigenvalue weighted by Crippen LogP contribution is 2.25. The van der Waals surface area contributed by atoms with Crippen LogP contribution in [0.25, 0.3) is 0 Å². The van der Waals surface area contributed by atoms with Crippen molar-refractivity contribution in [1.29, 1.82) is 0 Å². The molecular formula is C16H18FNO. The number of hydrogen-bond acceptors (Lipinski definition) is 2. The van der Waals surface area contributed by atoms with E-state index in [0.29, 0.717) is 12.0 Å². The fourth-order valence-corrected chi connectivity index (χ4v) is 2.49. The fraction of sp³-hybridized carbons (Fsp3) is 0.312. The minimum absolute atomic E-state index is 0.300. The average molecular weight is 259 g/mol. The zero-order valence-corrected chi connectivity index (χ0v) is 11.4. The van der Waals surface area contributed by atoms with Crippen LogP contribution in [0.1, 0.15) is 33.9 Å². The summed E-state index contributed by atoms with van der Waals surface area (Å²) in [7, 11) is 0. The molecule has 1 N–H and O–H groups in total. The Hall–Kier alpha value is -1.74. The molecule has 0 radical (unpaired) electrons. The van der Waals surface area contributed by atoms with Gasteiger partial charge in [0.2, 0.25) is 0 Å². The molecule has 2 rings (SSSR count). The number of aromatic nitrogens is 1. The maximum Gasteiger partial charge on any atom is 0.147 e. The third-order valence-electron chi connectivity index (χ3n) is 3.40. The van der Waals surface area contributed by atoms with Crippen molar-refractivity contribution < 1.29 is 9.50 Å². The molecule has 2 nitrogen and oxygen atoms in total. The van der Waals surface area contributed by atoms with Gasteiger partial charge in [-0.25, -0.2) is 4.39 Å². The average Bonchev–Trinajstić information content (AvgIpc) is 2.34. The first-order chi connectivity index (χ1) is 8.99. The van der Waals surface area contributed by atoms with Crippen molar-refractivity contribution in [3.05, 3.63) is 64.2 Å². The third-order valence-corrected chi connectivity index (χ3v) is 3.40. The van der Waals surface area contributed by atoms with E-state index in [4.69, 9.17) is 0 Å². The smallest absolute Gasteiger partial charge is 0.147 e. The zero-order valence-electron chi connectivity index (χ0n) is 11.4. The Balaban J connectivity index is 2.29. The van der Waals surface area contributed by atoms with Gasteiger partial charge in [-0.05, 0) is 43.5 Å². The SMILES string of the molecule is Cc1cc(C)c(CC(O)c2ccncc2F)c(C)c1. The summed E-state index contributed by atoms with van der Waals surface area (Å²) in [4.78, 5) is 3.69. The van der Waals surface area contributed by atoms with E-state index in [2.05, 4.69) is 17.1 Å². The van der Waals surface area contributed by atoms with Crippen LogP contribution in [0.2, 0.25) is 0 Å². The monoisotopic (exact) mass is 259 g/mol. The maximum absolute atomic E-state index is 13.6. The number of pyridine rings is 1. The van der Waals surface area contributed by atoms with Gasteiger partial charge in [0.25, 0.3) is 0 Å². The van der Waals surface area contributed by atoms with Crippen molar-refractivity contribution in [1.82, 2.24) is 4.98 Å². The van der Waals surface area contributed by atoms with Crippen LogP contribution >= 0.6 is 0 Å². The van der Waals surface area contributed by atoms with Crippen LogP contribution in [0, 0.1) is 26.6 Å². The van der Waals surface area contributed by atoms with Crippen LogP contribution < -0.4 is 0 Å². The summed E-state index contributed by atoms with van der Waals surface area (Å²) >= 11 is 0. The molecule has 1 atom stereocenters. The molecular weight excluding hydrogens is 241 g/mol. The van der Waals surface area contributed by atoms with Crippen LogP contribution in [-0.2, 0) is 6.42 Å². The zero-order chi connectivity index (χ0) is 14.0. The first kappa shape index (κ1) is 13.7. The molecule has 0 saturated heterocycles. The lowest BCUT2D eigenvalue weighted by molar-refractivity contribution is 0.173. The Bertz CT molecular complexity index is 572. The van der Waals surface area contributed by atoms with Gasteiger partial charge in [0, 0.05) is 18.2 Å². The van der Waals surface area contributed by atoms with Crippen LogP contribution in [0.15, 0.2) is 30.6 Å². The van der Waals surface area contributed by atoms with Crippen LogP contribution in [0.5, 0.6) is 0 Å². The van der Waals surface area contributed by atoms with E-state index in [-0.39, 0.29) is 0 Å². The molecule has 1 heterocycles. The van der Waals surface area contributed by atoms with Gasteiger partial charge in [-0.2, -0.15) is 0 Å². The molecule has 100 valence electrons. The first-order valence-corrected chi connectivity index (χ1v) is 6.33. The lowest BCUT2D eigenvalue weighted by Crippen LogP contribution is -2.07. The number of halogens is 1. The van der Waals surface area contributed by atoms with Crippen molar-refractivity contribution in [3.8, 4) is 0 Å². The van der Waals surface area contributed by atoms with E-state index in [1.807, 2.05) is 20.8 Å². The molecule has 1 aromatic heterocycles. The van der Waals surface area contributed by atoms with Gasteiger partial charge in [-0.3, -0.25) is 4.98 Å². The summed E-state index contributed by atoms with van der Waals surface area (Å²) in [5, 5.41) is 10.2. The highest BCUT2D eigenvalue weighted by Gasteiger charge is 2.15. The number of benzene rings is 1. The molecule has 0 bridgehead atoms. The van der Waals surface area contributed by atoms with Crippen molar-refractivity contribution in [3.63, 3.8) is 0 Å². The van der Waals surface area contributed by atoms with E-state index in [1.165, 1.54) is 17.8 Å². The lowest BCUT2D eigenvalue weighted by Gasteiger charge is -2.16. The second-order valence-corrected chi connectivity index (χ2v) is 4.99. The standard InChI is InChI=1S/C16H18FNO/c1-10-6-11(2)14(12(3)7-10)8-16(19)13-4-5-18-9-15(13)17/h4-7,9,16,19H,8H2,1-3H3. The molecule has 0 spiro atoms. The van der Waals surface area contributed by atoms with Gasteiger partial charge in [0.15, 0.2) is 0 Å². The summed E-state index contributed by atoms with van der Waals surface area (Å²) in [5.74, 6) is -0.461.